The highest BCUT2D eigenvalue weighted by atomic mass is 32.1. The van der Waals surface area contributed by atoms with E-state index in [1.807, 2.05) is 6.07 Å². The molecule has 1 fully saturated rings. The molecular formula is C13H19NO2S. The summed E-state index contributed by atoms with van der Waals surface area (Å²) in [7, 11) is 0. The molecule has 0 amide bonds. The highest BCUT2D eigenvalue weighted by Crippen LogP contribution is 2.29. The van der Waals surface area contributed by atoms with Crippen LogP contribution in [0.25, 0.3) is 0 Å². The molecular weight excluding hydrogens is 234 g/mol. The molecule has 1 aromatic rings. The lowest BCUT2D eigenvalue weighted by molar-refractivity contribution is 0.0702. The highest BCUT2D eigenvalue weighted by Gasteiger charge is 2.29. The van der Waals surface area contributed by atoms with Crippen molar-refractivity contribution < 1.29 is 9.90 Å². The fraction of sp³-hybridized carbons (Fsp3) is 0.615. The molecule has 3 nitrogen and oxygen atoms in total. The van der Waals surface area contributed by atoms with Gasteiger partial charge in [0.25, 0.3) is 0 Å². The van der Waals surface area contributed by atoms with Crippen LogP contribution in [0.5, 0.6) is 0 Å². The topological polar surface area (TPSA) is 40.5 Å². The molecule has 1 N–H and O–H groups in total. The second kappa shape index (κ2) is 5.19. The van der Waals surface area contributed by atoms with Crippen LogP contribution in [-0.4, -0.2) is 28.1 Å². The van der Waals surface area contributed by atoms with Gasteiger partial charge in [-0.25, -0.2) is 4.79 Å². The maximum Gasteiger partial charge on any atom is 0.345 e. The summed E-state index contributed by atoms with van der Waals surface area (Å²) in [5.74, 6) is -0.817. The number of nitrogens with zero attached hydrogens (tertiary/aromatic N) is 1. The first-order valence-electron chi connectivity index (χ1n) is 6.19. The van der Waals surface area contributed by atoms with Crippen molar-refractivity contribution in [3.63, 3.8) is 0 Å². The zero-order valence-corrected chi connectivity index (χ0v) is 11.2. The number of rotatable bonds is 4. The van der Waals surface area contributed by atoms with Crippen LogP contribution in [0.2, 0.25) is 0 Å². The minimum Gasteiger partial charge on any atom is -0.477 e. The standard InChI is InChI=1S/C13H19NO2S/c1-3-10-5-4-9(2)14(10)8-11-6-7-12(17-11)13(15)16/h6-7,9-10H,3-5,8H2,1-2H3,(H,15,16). The highest BCUT2D eigenvalue weighted by molar-refractivity contribution is 7.13. The van der Waals surface area contributed by atoms with Gasteiger partial charge in [-0.05, 0) is 38.3 Å². The Morgan fingerprint density at radius 2 is 2.29 bits per heavy atom. The van der Waals surface area contributed by atoms with Crippen molar-refractivity contribution in [3.8, 4) is 0 Å². The first kappa shape index (κ1) is 12.6. The molecule has 0 spiro atoms. The van der Waals surface area contributed by atoms with Crippen LogP contribution in [0, 0.1) is 0 Å². The number of thiophene rings is 1. The molecule has 2 atom stereocenters. The third-order valence-corrected chi connectivity index (χ3v) is 4.69. The van der Waals surface area contributed by atoms with Crippen molar-refractivity contribution in [2.45, 2.75) is 51.7 Å². The Labute approximate surface area is 106 Å². The van der Waals surface area contributed by atoms with E-state index >= 15 is 0 Å². The third kappa shape index (κ3) is 2.69. The van der Waals surface area contributed by atoms with E-state index in [-0.39, 0.29) is 0 Å². The lowest BCUT2D eigenvalue weighted by atomic mass is 10.1. The van der Waals surface area contributed by atoms with E-state index in [4.69, 9.17) is 5.11 Å². The third-order valence-electron chi connectivity index (χ3n) is 3.63. The van der Waals surface area contributed by atoms with Gasteiger partial charge in [0.1, 0.15) is 4.88 Å². The maximum absolute atomic E-state index is 10.8. The summed E-state index contributed by atoms with van der Waals surface area (Å²) in [6.45, 7) is 5.39. The predicted octanol–water partition coefficient (Wildman–Crippen LogP) is 3.21. The lowest BCUT2D eigenvalue weighted by Gasteiger charge is -2.26. The molecule has 0 saturated carbocycles. The van der Waals surface area contributed by atoms with Crippen LogP contribution < -0.4 is 0 Å². The smallest absolute Gasteiger partial charge is 0.345 e. The van der Waals surface area contributed by atoms with Crippen molar-refractivity contribution in [3.05, 3.63) is 21.9 Å². The monoisotopic (exact) mass is 253 g/mol. The Morgan fingerprint density at radius 3 is 2.88 bits per heavy atom. The van der Waals surface area contributed by atoms with Gasteiger partial charge >= 0.3 is 5.97 Å². The minimum atomic E-state index is -0.817. The van der Waals surface area contributed by atoms with Crippen molar-refractivity contribution in [1.29, 1.82) is 0 Å². The quantitative estimate of drug-likeness (QED) is 0.895. The average Bonchev–Trinajstić information content (AvgIpc) is 2.88. The molecule has 2 unspecified atom stereocenters. The predicted molar refractivity (Wildman–Crippen MR) is 69.6 cm³/mol. The molecule has 2 heterocycles. The molecule has 1 aromatic heterocycles. The maximum atomic E-state index is 10.8. The fourth-order valence-corrected chi connectivity index (χ4v) is 3.46. The van der Waals surface area contributed by atoms with Crippen LogP contribution in [0.15, 0.2) is 12.1 Å². The molecule has 1 aliphatic rings. The minimum absolute atomic E-state index is 0.444. The molecule has 1 saturated heterocycles. The molecule has 2 rings (SSSR count). The molecule has 17 heavy (non-hydrogen) atoms. The summed E-state index contributed by atoms with van der Waals surface area (Å²) in [5.41, 5.74) is 0. The van der Waals surface area contributed by atoms with Gasteiger partial charge in [0, 0.05) is 23.5 Å². The second-order valence-corrected chi connectivity index (χ2v) is 5.90. The Kier molecular flexibility index (Phi) is 3.84. The summed E-state index contributed by atoms with van der Waals surface area (Å²) in [6, 6.07) is 4.95. The van der Waals surface area contributed by atoms with E-state index < -0.39 is 5.97 Å². The van der Waals surface area contributed by atoms with Crippen LogP contribution >= 0.6 is 11.3 Å². The first-order valence-corrected chi connectivity index (χ1v) is 7.01. The summed E-state index contributed by atoms with van der Waals surface area (Å²) < 4.78 is 0. The molecule has 4 heteroatoms. The van der Waals surface area contributed by atoms with Gasteiger partial charge in [-0.1, -0.05) is 6.92 Å². The number of likely N-dealkylation sites (tertiary alicyclic amines) is 1. The van der Waals surface area contributed by atoms with E-state index in [0.717, 1.165) is 11.4 Å². The van der Waals surface area contributed by atoms with Crippen LogP contribution in [0.3, 0.4) is 0 Å². The van der Waals surface area contributed by atoms with Crippen molar-refractivity contribution >= 4 is 17.3 Å². The summed E-state index contributed by atoms with van der Waals surface area (Å²) in [5, 5.41) is 8.91. The van der Waals surface area contributed by atoms with Gasteiger partial charge in [0.2, 0.25) is 0 Å². The lowest BCUT2D eigenvalue weighted by Crippen LogP contribution is -2.33. The van der Waals surface area contributed by atoms with Crippen LogP contribution in [-0.2, 0) is 6.54 Å². The average molecular weight is 253 g/mol. The summed E-state index contributed by atoms with van der Waals surface area (Å²) >= 11 is 1.40. The van der Waals surface area contributed by atoms with Crippen molar-refractivity contribution in [2.24, 2.45) is 0 Å². The fourth-order valence-electron chi connectivity index (χ4n) is 2.61. The Hall–Kier alpha value is -0.870. The number of carboxylic acids is 1. The number of hydrogen-bond acceptors (Lipinski definition) is 3. The number of aromatic carboxylic acids is 1. The molecule has 1 aliphatic heterocycles. The normalized spacial score (nSPS) is 25.3. The number of hydrogen-bond donors (Lipinski definition) is 1. The molecule has 94 valence electrons. The Bertz CT molecular complexity index is 402. The molecule has 0 radical (unpaired) electrons. The first-order chi connectivity index (χ1) is 8.11. The molecule has 0 bridgehead atoms. The Morgan fingerprint density at radius 1 is 1.53 bits per heavy atom. The summed E-state index contributed by atoms with van der Waals surface area (Å²) in [4.78, 5) is 15.0. The van der Waals surface area contributed by atoms with E-state index in [2.05, 4.69) is 18.7 Å². The van der Waals surface area contributed by atoms with Crippen molar-refractivity contribution in [1.82, 2.24) is 4.90 Å². The van der Waals surface area contributed by atoms with E-state index in [1.165, 1.54) is 30.6 Å². The van der Waals surface area contributed by atoms with E-state index in [1.54, 1.807) is 6.07 Å². The van der Waals surface area contributed by atoms with Crippen LogP contribution in [0.1, 0.15) is 47.7 Å². The summed E-state index contributed by atoms with van der Waals surface area (Å²) in [6.07, 6.45) is 3.71. The molecule has 0 aromatic carbocycles. The van der Waals surface area contributed by atoms with Gasteiger partial charge in [-0.2, -0.15) is 0 Å². The van der Waals surface area contributed by atoms with E-state index in [0.29, 0.717) is 17.0 Å². The van der Waals surface area contributed by atoms with E-state index in [9.17, 15) is 4.79 Å². The second-order valence-electron chi connectivity index (χ2n) is 4.73. The van der Waals surface area contributed by atoms with Gasteiger partial charge < -0.3 is 5.11 Å². The zero-order chi connectivity index (χ0) is 12.4. The SMILES string of the molecule is CCC1CCC(C)N1Cc1ccc(C(=O)O)s1. The molecule has 0 aliphatic carbocycles. The van der Waals surface area contributed by atoms with Gasteiger partial charge in [0.15, 0.2) is 0 Å². The Balaban J connectivity index is 2.06. The number of carbonyl (C=O) groups is 1. The van der Waals surface area contributed by atoms with Gasteiger partial charge in [0.05, 0.1) is 0 Å². The van der Waals surface area contributed by atoms with Gasteiger partial charge in [-0.3, -0.25) is 4.90 Å². The van der Waals surface area contributed by atoms with Crippen molar-refractivity contribution in [2.75, 3.05) is 0 Å². The van der Waals surface area contributed by atoms with Crippen LogP contribution in [0.4, 0.5) is 0 Å². The zero-order valence-electron chi connectivity index (χ0n) is 10.3. The van der Waals surface area contributed by atoms with Gasteiger partial charge in [-0.15, -0.1) is 11.3 Å². The number of carboxylic acid groups (broad SMARTS) is 1. The largest absolute Gasteiger partial charge is 0.477 e.